The van der Waals surface area contributed by atoms with Crippen LogP contribution in [0.4, 0.5) is 15.3 Å². The molecule has 0 aliphatic rings. The number of benzene rings is 1. The number of furan rings is 1. The fourth-order valence-corrected chi connectivity index (χ4v) is 4.49. The molecule has 0 fully saturated rings. The average molecular weight is 468 g/mol. The molecule has 0 aliphatic heterocycles. The van der Waals surface area contributed by atoms with Gasteiger partial charge >= 0.3 is 0 Å². The molecule has 0 saturated heterocycles. The second-order valence-electron chi connectivity index (χ2n) is 6.67. The maximum absolute atomic E-state index is 13.3. The second kappa shape index (κ2) is 8.36. The third-order valence-corrected chi connectivity index (χ3v) is 6.06. The monoisotopic (exact) mass is 467 g/mol. The topological polar surface area (TPSA) is 102 Å². The molecule has 32 heavy (non-hydrogen) atoms. The fourth-order valence-electron chi connectivity index (χ4n) is 3.07. The van der Waals surface area contributed by atoms with E-state index in [1.807, 2.05) is 5.38 Å². The zero-order valence-corrected chi connectivity index (χ0v) is 17.9. The van der Waals surface area contributed by atoms with Gasteiger partial charge in [-0.25, -0.2) is 14.4 Å². The largest absolute Gasteiger partial charge is 0.459 e. The van der Waals surface area contributed by atoms with E-state index in [1.165, 1.54) is 41.1 Å². The number of thiazole rings is 2. The third-order valence-electron chi connectivity index (χ3n) is 4.50. The Hall–Kier alpha value is -3.83. The molecule has 8 nitrogen and oxygen atoms in total. The SMILES string of the molecule is O=C(Cc1csc(NC(=O)c2ccco2)n1)Nc1c(-c2ccc(F)cc2)nc2sccn12. The maximum Gasteiger partial charge on any atom is 0.293 e. The molecule has 0 atom stereocenters. The predicted molar refractivity (Wildman–Crippen MR) is 120 cm³/mol. The lowest BCUT2D eigenvalue weighted by atomic mass is 10.1. The van der Waals surface area contributed by atoms with Crippen molar-refractivity contribution in [1.29, 1.82) is 0 Å². The summed E-state index contributed by atoms with van der Waals surface area (Å²) in [5.74, 6) is -0.384. The van der Waals surface area contributed by atoms with Gasteiger partial charge < -0.3 is 9.73 Å². The number of halogens is 1. The smallest absolute Gasteiger partial charge is 0.293 e. The van der Waals surface area contributed by atoms with Crippen molar-refractivity contribution in [2.75, 3.05) is 10.6 Å². The minimum atomic E-state index is -0.414. The number of aromatic nitrogens is 3. The Morgan fingerprint density at radius 2 is 1.94 bits per heavy atom. The molecule has 0 radical (unpaired) electrons. The van der Waals surface area contributed by atoms with Crippen LogP contribution in [0.5, 0.6) is 0 Å². The zero-order valence-electron chi connectivity index (χ0n) is 16.2. The Labute approximate surface area is 188 Å². The molecule has 5 aromatic rings. The molecule has 0 aliphatic carbocycles. The number of fused-ring (bicyclic) bond motifs is 1. The predicted octanol–water partition coefficient (Wildman–Crippen LogP) is 4.68. The molecule has 2 N–H and O–H groups in total. The van der Waals surface area contributed by atoms with E-state index in [-0.39, 0.29) is 23.9 Å². The van der Waals surface area contributed by atoms with E-state index in [4.69, 9.17) is 4.42 Å². The van der Waals surface area contributed by atoms with Gasteiger partial charge in [-0.2, -0.15) is 0 Å². The van der Waals surface area contributed by atoms with Gasteiger partial charge in [0.2, 0.25) is 5.91 Å². The van der Waals surface area contributed by atoms with Crippen LogP contribution < -0.4 is 10.6 Å². The summed E-state index contributed by atoms with van der Waals surface area (Å²) in [5, 5.41) is 9.46. The van der Waals surface area contributed by atoms with E-state index in [0.717, 1.165) is 0 Å². The van der Waals surface area contributed by atoms with Crippen molar-refractivity contribution in [3.8, 4) is 11.3 Å². The van der Waals surface area contributed by atoms with Crippen LogP contribution in [0.3, 0.4) is 0 Å². The van der Waals surface area contributed by atoms with E-state index in [0.29, 0.717) is 32.9 Å². The molecule has 4 aromatic heterocycles. The van der Waals surface area contributed by atoms with E-state index in [2.05, 4.69) is 20.6 Å². The Morgan fingerprint density at radius 1 is 1.09 bits per heavy atom. The highest BCUT2D eigenvalue weighted by molar-refractivity contribution is 7.15. The molecule has 160 valence electrons. The average Bonchev–Trinajstić information content (AvgIpc) is 3.55. The number of carbonyl (C=O) groups is 2. The molecule has 4 heterocycles. The number of anilines is 2. The van der Waals surface area contributed by atoms with Gasteiger partial charge in [0.1, 0.15) is 17.3 Å². The van der Waals surface area contributed by atoms with Gasteiger partial charge in [-0.05, 0) is 36.4 Å². The summed E-state index contributed by atoms with van der Waals surface area (Å²) in [4.78, 5) is 34.4. The highest BCUT2D eigenvalue weighted by atomic mass is 32.1. The summed E-state index contributed by atoms with van der Waals surface area (Å²) in [6, 6.07) is 9.10. The fraction of sp³-hybridized carbons (Fsp3) is 0.0476. The van der Waals surface area contributed by atoms with Crippen LogP contribution in [0.25, 0.3) is 16.2 Å². The normalized spacial score (nSPS) is 11.0. The van der Waals surface area contributed by atoms with Crippen molar-refractivity contribution < 1.29 is 18.4 Å². The van der Waals surface area contributed by atoms with Crippen LogP contribution in [0.2, 0.25) is 0 Å². The molecule has 5 rings (SSSR count). The van der Waals surface area contributed by atoms with Crippen LogP contribution in [-0.4, -0.2) is 26.2 Å². The van der Waals surface area contributed by atoms with Crippen molar-refractivity contribution in [2.45, 2.75) is 6.42 Å². The van der Waals surface area contributed by atoms with Crippen molar-refractivity contribution in [1.82, 2.24) is 14.4 Å². The Kier molecular flexibility index (Phi) is 5.25. The second-order valence-corrected chi connectivity index (χ2v) is 8.40. The van der Waals surface area contributed by atoms with Crippen LogP contribution >= 0.6 is 22.7 Å². The molecule has 2 amide bonds. The zero-order chi connectivity index (χ0) is 22.1. The van der Waals surface area contributed by atoms with E-state index in [1.54, 1.807) is 40.2 Å². The molecule has 0 unspecified atom stereocenters. The lowest BCUT2D eigenvalue weighted by molar-refractivity contribution is -0.115. The lowest BCUT2D eigenvalue weighted by Crippen LogP contribution is -2.16. The number of imidazole rings is 1. The highest BCUT2D eigenvalue weighted by Gasteiger charge is 2.19. The highest BCUT2D eigenvalue weighted by Crippen LogP contribution is 2.31. The minimum Gasteiger partial charge on any atom is -0.459 e. The Morgan fingerprint density at radius 3 is 2.72 bits per heavy atom. The standard InChI is InChI=1S/C21H14FN5O3S2/c22-13-5-3-12(4-6-13)17-18(27-7-9-31-21(27)25-17)24-16(28)10-14-11-32-20(23-14)26-19(29)15-2-1-8-30-15/h1-9,11H,10H2,(H,24,28)(H,23,26,29). The quantitative estimate of drug-likeness (QED) is 0.377. The van der Waals surface area contributed by atoms with Crippen LogP contribution in [-0.2, 0) is 11.2 Å². The molecule has 0 bridgehead atoms. The first kappa shape index (κ1) is 20.1. The molecule has 0 saturated carbocycles. The third kappa shape index (κ3) is 4.03. The van der Waals surface area contributed by atoms with Crippen LogP contribution in [0, 0.1) is 5.82 Å². The van der Waals surface area contributed by atoms with Crippen molar-refractivity contribution in [2.24, 2.45) is 0 Å². The summed E-state index contributed by atoms with van der Waals surface area (Å²) in [5.41, 5.74) is 1.75. The molecule has 11 heteroatoms. The van der Waals surface area contributed by atoms with Crippen LogP contribution in [0.1, 0.15) is 16.2 Å². The van der Waals surface area contributed by atoms with Gasteiger partial charge in [-0.15, -0.1) is 22.7 Å². The number of hydrogen-bond donors (Lipinski definition) is 2. The van der Waals surface area contributed by atoms with Gasteiger partial charge in [0.25, 0.3) is 5.91 Å². The van der Waals surface area contributed by atoms with Gasteiger partial charge in [0.15, 0.2) is 15.9 Å². The summed E-state index contributed by atoms with van der Waals surface area (Å²) >= 11 is 2.64. The Balaban J connectivity index is 1.32. The number of nitrogens with one attached hydrogen (secondary N) is 2. The molecular weight excluding hydrogens is 453 g/mol. The first-order valence-electron chi connectivity index (χ1n) is 9.37. The maximum atomic E-state index is 13.3. The van der Waals surface area contributed by atoms with Crippen molar-refractivity contribution in [3.05, 3.63) is 76.9 Å². The molecule has 1 aromatic carbocycles. The van der Waals surface area contributed by atoms with Crippen molar-refractivity contribution >= 4 is 50.4 Å². The van der Waals surface area contributed by atoms with Gasteiger partial charge in [0.05, 0.1) is 18.4 Å². The van der Waals surface area contributed by atoms with Gasteiger partial charge in [-0.3, -0.25) is 19.3 Å². The first-order chi connectivity index (χ1) is 15.6. The Bertz CT molecular complexity index is 1400. The van der Waals surface area contributed by atoms with Crippen LogP contribution in [0.15, 0.2) is 64.0 Å². The number of nitrogens with zero attached hydrogens (tertiary/aromatic N) is 3. The number of rotatable bonds is 6. The number of carbonyl (C=O) groups excluding carboxylic acids is 2. The molecule has 0 spiro atoms. The van der Waals surface area contributed by atoms with Gasteiger partial charge in [0, 0.05) is 22.5 Å². The summed E-state index contributed by atoms with van der Waals surface area (Å²) in [6.45, 7) is 0. The summed E-state index contributed by atoms with van der Waals surface area (Å²) in [7, 11) is 0. The molecular formula is C21H14FN5O3S2. The summed E-state index contributed by atoms with van der Waals surface area (Å²) in [6.07, 6.45) is 3.22. The lowest BCUT2D eigenvalue weighted by Gasteiger charge is -2.06. The van der Waals surface area contributed by atoms with E-state index < -0.39 is 5.91 Å². The van der Waals surface area contributed by atoms with E-state index >= 15 is 0 Å². The van der Waals surface area contributed by atoms with E-state index in [9.17, 15) is 14.0 Å². The minimum absolute atomic E-state index is 0.00729. The number of hydrogen-bond acceptors (Lipinski definition) is 7. The van der Waals surface area contributed by atoms with Crippen molar-refractivity contribution in [3.63, 3.8) is 0 Å². The summed E-state index contributed by atoms with van der Waals surface area (Å²) < 4.78 is 20.2. The number of amides is 2. The first-order valence-corrected chi connectivity index (χ1v) is 11.1. The van der Waals surface area contributed by atoms with Gasteiger partial charge in [-0.1, -0.05) is 0 Å².